The summed E-state index contributed by atoms with van der Waals surface area (Å²) < 4.78 is 10.2. The first kappa shape index (κ1) is 10.4. The van der Waals surface area contributed by atoms with Gasteiger partial charge in [0.1, 0.15) is 0 Å². The van der Waals surface area contributed by atoms with Crippen LogP contribution < -0.4 is 9.64 Å². The SMILES string of the molecule is COc1cnc(N2CCOCC2)c(Cl)n1. The maximum atomic E-state index is 6.01. The molecule has 0 radical (unpaired) electrons. The molecule has 0 atom stereocenters. The normalized spacial score (nSPS) is 16.5. The van der Waals surface area contributed by atoms with Gasteiger partial charge in [-0.05, 0) is 0 Å². The molecular weight excluding hydrogens is 218 g/mol. The van der Waals surface area contributed by atoms with E-state index in [1.807, 2.05) is 0 Å². The number of hydrogen-bond acceptors (Lipinski definition) is 5. The Kier molecular flexibility index (Phi) is 3.23. The number of aromatic nitrogens is 2. The number of anilines is 1. The largest absolute Gasteiger partial charge is 0.480 e. The lowest BCUT2D eigenvalue weighted by Gasteiger charge is -2.27. The van der Waals surface area contributed by atoms with Gasteiger partial charge >= 0.3 is 0 Å². The van der Waals surface area contributed by atoms with Crippen LogP contribution in [0.15, 0.2) is 6.20 Å². The van der Waals surface area contributed by atoms with Crippen LogP contribution in [0.25, 0.3) is 0 Å². The third-order valence-electron chi connectivity index (χ3n) is 2.21. The van der Waals surface area contributed by atoms with Gasteiger partial charge in [-0.3, -0.25) is 0 Å². The third kappa shape index (κ3) is 2.30. The predicted molar refractivity (Wildman–Crippen MR) is 56.6 cm³/mol. The predicted octanol–water partition coefficient (Wildman–Crippen LogP) is 0.975. The number of nitrogens with zero attached hydrogens (tertiary/aromatic N) is 3. The lowest BCUT2D eigenvalue weighted by atomic mass is 10.4. The molecule has 6 heteroatoms. The zero-order valence-corrected chi connectivity index (χ0v) is 9.20. The second-order valence-corrected chi connectivity index (χ2v) is 3.48. The molecule has 1 fully saturated rings. The molecule has 1 saturated heterocycles. The molecule has 0 unspecified atom stereocenters. The topological polar surface area (TPSA) is 47.5 Å². The molecule has 1 aromatic heterocycles. The maximum absolute atomic E-state index is 6.01. The highest BCUT2D eigenvalue weighted by atomic mass is 35.5. The van der Waals surface area contributed by atoms with Crippen LogP contribution >= 0.6 is 11.6 Å². The monoisotopic (exact) mass is 229 g/mol. The Morgan fingerprint density at radius 1 is 1.47 bits per heavy atom. The minimum Gasteiger partial charge on any atom is -0.480 e. The number of ether oxygens (including phenoxy) is 2. The molecular formula is C9H12ClN3O2. The molecule has 1 aromatic rings. The van der Waals surface area contributed by atoms with E-state index in [4.69, 9.17) is 21.1 Å². The van der Waals surface area contributed by atoms with Crippen LogP contribution in [0.4, 0.5) is 5.82 Å². The van der Waals surface area contributed by atoms with Crippen molar-refractivity contribution in [3.05, 3.63) is 11.3 Å². The molecule has 0 aliphatic carbocycles. The molecule has 2 rings (SSSR count). The van der Waals surface area contributed by atoms with Crippen LogP contribution in [0.1, 0.15) is 0 Å². The summed E-state index contributed by atoms with van der Waals surface area (Å²) >= 11 is 6.01. The molecule has 5 nitrogen and oxygen atoms in total. The number of morpholine rings is 1. The quantitative estimate of drug-likeness (QED) is 0.757. The van der Waals surface area contributed by atoms with E-state index in [0.717, 1.165) is 13.1 Å². The minimum atomic E-state index is 0.372. The second kappa shape index (κ2) is 4.63. The third-order valence-corrected chi connectivity index (χ3v) is 2.46. The fraction of sp³-hybridized carbons (Fsp3) is 0.556. The Bertz CT molecular complexity index is 342. The van der Waals surface area contributed by atoms with E-state index in [0.29, 0.717) is 30.1 Å². The average molecular weight is 230 g/mol. The van der Waals surface area contributed by atoms with Crippen molar-refractivity contribution in [1.82, 2.24) is 9.97 Å². The highest BCUT2D eigenvalue weighted by Gasteiger charge is 2.16. The molecule has 0 bridgehead atoms. The smallest absolute Gasteiger partial charge is 0.233 e. The molecule has 0 spiro atoms. The van der Waals surface area contributed by atoms with E-state index in [2.05, 4.69) is 14.9 Å². The Labute approximate surface area is 93.0 Å². The van der Waals surface area contributed by atoms with Crippen LogP contribution in [0, 0.1) is 0 Å². The number of methoxy groups -OCH3 is 1. The van der Waals surface area contributed by atoms with Crippen LogP contribution in [-0.2, 0) is 4.74 Å². The van der Waals surface area contributed by atoms with Crippen molar-refractivity contribution in [2.45, 2.75) is 0 Å². The fourth-order valence-electron chi connectivity index (χ4n) is 1.43. The summed E-state index contributed by atoms with van der Waals surface area (Å²) in [5.74, 6) is 1.12. The summed E-state index contributed by atoms with van der Waals surface area (Å²) in [6, 6.07) is 0. The van der Waals surface area contributed by atoms with Crippen LogP contribution in [0.2, 0.25) is 5.15 Å². The molecule has 0 saturated carbocycles. The van der Waals surface area contributed by atoms with Crippen molar-refractivity contribution >= 4 is 17.4 Å². The van der Waals surface area contributed by atoms with Crippen molar-refractivity contribution in [2.24, 2.45) is 0 Å². The Hall–Kier alpha value is -1.07. The van der Waals surface area contributed by atoms with Gasteiger partial charge in [0.05, 0.1) is 26.5 Å². The molecule has 1 aliphatic heterocycles. The zero-order chi connectivity index (χ0) is 10.7. The fourth-order valence-corrected chi connectivity index (χ4v) is 1.68. The van der Waals surface area contributed by atoms with Gasteiger partial charge in [-0.1, -0.05) is 11.6 Å². The van der Waals surface area contributed by atoms with Crippen LogP contribution in [0.5, 0.6) is 5.88 Å². The summed E-state index contributed by atoms with van der Waals surface area (Å²) in [6.45, 7) is 2.98. The van der Waals surface area contributed by atoms with Gasteiger partial charge in [-0.25, -0.2) is 4.98 Å². The Morgan fingerprint density at radius 2 is 2.20 bits per heavy atom. The lowest BCUT2D eigenvalue weighted by molar-refractivity contribution is 0.122. The summed E-state index contributed by atoms with van der Waals surface area (Å²) in [7, 11) is 1.54. The summed E-state index contributed by atoms with van der Waals surface area (Å²) in [4.78, 5) is 10.3. The Balaban J connectivity index is 2.19. The average Bonchev–Trinajstić information content (AvgIpc) is 2.30. The summed E-state index contributed by atoms with van der Waals surface area (Å²) in [5.41, 5.74) is 0. The summed E-state index contributed by atoms with van der Waals surface area (Å²) in [5, 5.41) is 0.372. The summed E-state index contributed by atoms with van der Waals surface area (Å²) in [6.07, 6.45) is 1.57. The zero-order valence-electron chi connectivity index (χ0n) is 8.44. The standard InChI is InChI=1S/C9H12ClN3O2/c1-14-7-6-11-9(8(10)12-7)13-2-4-15-5-3-13/h6H,2-5H2,1H3. The van der Waals surface area contributed by atoms with Crippen molar-refractivity contribution in [3.63, 3.8) is 0 Å². The van der Waals surface area contributed by atoms with E-state index in [1.54, 1.807) is 6.20 Å². The molecule has 0 amide bonds. The number of rotatable bonds is 2. The van der Waals surface area contributed by atoms with Crippen LogP contribution in [0.3, 0.4) is 0 Å². The van der Waals surface area contributed by atoms with Gasteiger partial charge in [0.2, 0.25) is 5.88 Å². The molecule has 15 heavy (non-hydrogen) atoms. The van der Waals surface area contributed by atoms with Gasteiger partial charge < -0.3 is 14.4 Å². The van der Waals surface area contributed by atoms with E-state index in [9.17, 15) is 0 Å². The van der Waals surface area contributed by atoms with Gasteiger partial charge in [0, 0.05) is 13.1 Å². The van der Waals surface area contributed by atoms with E-state index < -0.39 is 0 Å². The minimum absolute atomic E-state index is 0.372. The first-order valence-corrected chi connectivity index (χ1v) is 5.08. The molecule has 82 valence electrons. The highest BCUT2D eigenvalue weighted by Crippen LogP contribution is 2.23. The van der Waals surface area contributed by atoms with Crippen molar-refractivity contribution in [3.8, 4) is 5.88 Å². The first-order valence-electron chi connectivity index (χ1n) is 4.70. The molecule has 0 aromatic carbocycles. The van der Waals surface area contributed by atoms with E-state index >= 15 is 0 Å². The second-order valence-electron chi connectivity index (χ2n) is 3.13. The first-order chi connectivity index (χ1) is 7.31. The highest BCUT2D eigenvalue weighted by molar-refractivity contribution is 6.31. The maximum Gasteiger partial charge on any atom is 0.233 e. The van der Waals surface area contributed by atoms with Crippen molar-refractivity contribution in [2.75, 3.05) is 38.3 Å². The number of halogens is 1. The Morgan fingerprint density at radius 3 is 2.80 bits per heavy atom. The van der Waals surface area contributed by atoms with Gasteiger partial charge in [-0.2, -0.15) is 4.98 Å². The van der Waals surface area contributed by atoms with Crippen molar-refractivity contribution < 1.29 is 9.47 Å². The van der Waals surface area contributed by atoms with Gasteiger partial charge in [-0.15, -0.1) is 0 Å². The lowest BCUT2D eigenvalue weighted by Crippen LogP contribution is -2.37. The molecule has 0 N–H and O–H groups in total. The molecule has 2 heterocycles. The van der Waals surface area contributed by atoms with E-state index in [1.165, 1.54) is 7.11 Å². The van der Waals surface area contributed by atoms with Gasteiger partial charge in [0.25, 0.3) is 0 Å². The van der Waals surface area contributed by atoms with Crippen molar-refractivity contribution in [1.29, 1.82) is 0 Å². The van der Waals surface area contributed by atoms with Gasteiger partial charge in [0.15, 0.2) is 11.0 Å². The van der Waals surface area contributed by atoms with Crippen LogP contribution in [-0.4, -0.2) is 43.4 Å². The molecule has 1 aliphatic rings. The van der Waals surface area contributed by atoms with E-state index in [-0.39, 0.29) is 0 Å². The number of hydrogen-bond donors (Lipinski definition) is 0.